The first-order valence-corrected chi connectivity index (χ1v) is 6.91. The van der Waals surface area contributed by atoms with Crippen LogP contribution in [0.2, 0.25) is 0 Å². The van der Waals surface area contributed by atoms with Crippen LogP contribution in [0, 0.1) is 0 Å². The Labute approximate surface area is 119 Å². The first kappa shape index (κ1) is 13.5. The molecule has 0 spiro atoms. The number of hydrogen-bond acceptors (Lipinski definition) is 4. The highest BCUT2D eigenvalue weighted by molar-refractivity contribution is 5.63. The van der Waals surface area contributed by atoms with Crippen molar-refractivity contribution in [3.05, 3.63) is 41.3 Å². The summed E-state index contributed by atoms with van der Waals surface area (Å²) in [5, 5.41) is 10.3. The fraction of sp³-hybridized carbons (Fsp3) is 0.500. The number of ether oxygens (including phenoxy) is 2. The number of aliphatic hydroxyl groups excluding tert-OH is 1. The number of nitrogens with zero attached hydrogens (tertiary/aromatic N) is 1. The average Bonchev–Trinajstić information content (AvgIpc) is 2.42. The summed E-state index contributed by atoms with van der Waals surface area (Å²) in [7, 11) is 3.69. The van der Waals surface area contributed by atoms with E-state index in [0.717, 1.165) is 22.7 Å². The molecule has 2 unspecified atom stereocenters. The molecule has 4 heteroatoms. The molecule has 0 aromatic heterocycles. The third-order valence-electron chi connectivity index (χ3n) is 4.29. The van der Waals surface area contributed by atoms with Gasteiger partial charge in [0, 0.05) is 37.4 Å². The minimum Gasteiger partial charge on any atom is -0.470 e. The molecule has 2 aliphatic heterocycles. The van der Waals surface area contributed by atoms with Gasteiger partial charge in [-0.3, -0.25) is 0 Å². The average molecular weight is 275 g/mol. The quantitative estimate of drug-likeness (QED) is 0.855. The van der Waals surface area contributed by atoms with Crippen LogP contribution in [0.5, 0.6) is 0 Å². The Bertz CT molecular complexity index is 565. The monoisotopic (exact) mass is 275 g/mol. The van der Waals surface area contributed by atoms with E-state index in [9.17, 15) is 5.11 Å². The van der Waals surface area contributed by atoms with Crippen LogP contribution in [-0.4, -0.2) is 31.0 Å². The lowest BCUT2D eigenvalue weighted by molar-refractivity contribution is -0.0919. The Morgan fingerprint density at radius 2 is 2.05 bits per heavy atom. The van der Waals surface area contributed by atoms with Crippen molar-refractivity contribution in [2.75, 3.05) is 19.1 Å². The lowest BCUT2D eigenvalue weighted by Crippen LogP contribution is -2.47. The maximum Gasteiger partial charge on any atom is 0.196 e. The molecule has 0 fully saturated rings. The van der Waals surface area contributed by atoms with Gasteiger partial charge in [-0.2, -0.15) is 0 Å². The predicted molar refractivity (Wildman–Crippen MR) is 77.4 cm³/mol. The smallest absolute Gasteiger partial charge is 0.196 e. The van der Waals surface area contributed by atoms with Crippen LogP contribution in [0.15, 0.2) is 35.7 Å². The summed E-state index contributed by atoms with van der Waals surface area (Å²) < 4.78 is 11.7. The SMILES string of the molecule is COC1C2=C(OC(C)(C)C(O)C2)N(C)c2ccccc21. The Hall–Kier alpha value is -1.52. The first-order chi connectivity index (χ1) is 9.45. The molecule has 3 rings (SSSR count). The maximum atomic E-state index is 10.3. The molecule has 2 atom stereocenters. The number of methoxy groups -OCH3 is 1. The molecule has 0 radical (unpaired) electrons. The zero-order chi connectivity index (χ0) is 14.5. The number of hydrogen-bond donors (Lipinski definition) is 1. The molecular formula is C16H21NO3. The fourth-order valence-electron chi connectivity index (χ4n) is 3.01. The van der Waals surface area contributed by atoms with Crippen LogP contribution in [0.1, 0.15) is 31.9 Å². The highest BCUT2D eigenvalue weighted by Gasteiger charge is 2.43. The second kappa shape index (κ2) is 4.50. The molecule has 0 saturated heterocycles. The largest absolute Gasteiger partial charge is 0.470 e. The van der Waals surface area contributed by atoms with E-state index in [4.69, 9.17) is 9.47 Å². The molecular weight excluding hydrogens is 254 g/mol. The van der Waals surface area contributed by atoms with Gasteiger partial charge in [0.15, 0.2) is 5.88 Å². The van der Waals surface area contributed by atoms with Crippen LogP contribution in [0.4, 0.5) is 5.69 Å². The van der Waals surface area contributed by atoms with E-state index in [-0.39, 0.29) is 6.10 Å². The van der Waals surface area contributed by atoms with Crippen molar-refractivity contribution < 1.29 is 14.6 Å². The second-order valence-electron chi connectivity index (χ2n) is 5.99. The van der Waals surface area contributed by atoms with Crippen LogP contribution in [-0.2, 0) is 9.47 Å². The van der Waals surface area contributed by atoms with Gasteiger partial charge in [-0.15, -0.1) is 0 Å². The molecule has 0 amide bonds. The van der Waals surface area contributed by atoms with E-state index in [1.165, 1.54) is 0 Å². The predicted octanol–water partition coefficient (Wildman–Crippen LogP) is 2.60. The van der Waals surface area contributed by atoms with Crippen LogP contribution in [0.3, 0.4) is 0 Å². The molecule has 108 valence electrons. The summed E-state index contributed by atoms with van der Waals surface area (Å²) in [5.41, 5.74) is 2.63. The molecule has 4 nitrogen and oxygen atoms in total. The van der Waals surface area contributed by atoms with Gasteiger partial charge in [-0.25, -0.2) is 0 Å². The van der Waals surface area contributed by atoms with Crippen molar-refractivity contribution in [1.82, 2.24) is 0 Å². The first-order valence-electron chi connectivity index (χ1n) is 6.91. The highest BCUT2D eigenvalue weighted by atomic mass is 16.5. The van der Waals surface area contributed by atoms with E-state index in [1.807, 2.05) is 37.9 Å². The van der Waals surface area contributed by atoms with Crippen LogP contribution >= 0.6 is 0 Å². The normalized spacial score (nSPS) is 27.8. The van der Waals surface area contributed by atoms with E-state index >= 15 is 0 Å². The zero-order valence-electron chi connectivity index (χ0n) is 12.4. The minimum absolute atomic E-state index is 0.150. The van der Waals surface area contributed by atoms with E-state index in [0.29, 0.717) is 6.42 Å². The number of fused-ring (bicyclic) bond motifs is 1. The summed E-state index contributed by atoms with van der Waals surface area (Å²) in [6, 6.07) is 8.15. The molecule has 1 aromatic carbocycles. The molecule has 0 aliphatic carbocycles. The molecule has 2 aliphatic rings. The molecule has 1 aromatic rings. The number of rotatable bonds is 1. The van der Waals surface area contributed by atoms with Crippen molar-refractivity contribution in [1.29, 1.82) is 0 Å². The second-order valence-corrected chi connectivity index (χ2v) is 5.99. The van der Waals surface area contributed by atoms with Gasteiger partial charge in [-0.05, 0) is 19.9 Å². The summed E-state index contributed by atoms with van der Waals surface area (Å²) in [6.45, 7) is 3.83. The van der Waals surface area contributed by atoms with E-state index in [1.54, 1.807) is 7.11 Å². The molecule has 1 N–H and O–H groups in total. The van der Waals surface area contributed by atoms with E-state index < -0.39 is 11.7 Å². The molecule has 2 heterocycles. The highest BCUT2D eigenvalue weighted by Crippen LogP contribution is 2.47. The topological polar surface area (TPSA) is 41.9 Å². The fourth-order valence-corrected chi connectivity index (χ4v) is 3.01. The van der Waals surface area contributed by atoms with Gasteiger partial charge in [0.1, 0.15) is 11.7 Å². The van der Waals surface area contributed by atoms with Crippen molar-refractivity contribution >= 4 is 5.69 Å². The molecule has 0 saturated carbocycles. The summed E-state index contributed by atoms with van der Waals surface area (Å²) >= 11 is 0. The summed E-state index contributed by atoms with van der Waals surface area (Å²) in [5.74, 6) is 0.811. The summed E-state index contributed by atoms with van der Waals surface area (Å²) in [4.78, 5) is 2.05. The van der Waals surface area contributed by atoms with Gasteiger partial charge < -0.3 is 19.5 Å². The number of para-hydroxylation sites is 1. The van der Waals surface area contributed by atoms with Gasteiger partial charge >= 0.3 is 0 Å². The Balaban J connectivity index is 2.13. The number of aliphatic hydroxyl groups is 1. The van der Waals surface area contributed by atoms with Crippen molar-refractivity contribution in [3.8, 4) is 0 Å². The van der Waals surface area contributed by atoms with E-state index in [2.05, 4.69) is 12.1 Å². The maximum absolute atomic E-state index is 10.3. The van der Waals surface area contributed by atoms with Gasteiger partial charge in [0.05, 0.1) is 6.10 Å². The zero-order valence-corrected chi connectivity index (χ0v) is 12.4. The van der Waals surface area contributed by atoms with Crippen molar-refractivity contribution in [2.45, 2.75) is 38.1 Å². The standard InChI is InChI=1S/C16H21NO3/c1-16(2)13(18)9-11-14(19-4)10-7-5-6-8-12(10)17(3)15(11)20-16/h5-8,13-14,18H,9H2,1-4H3. The summed E-state index contributed by atoms with van der Waals surface area (Å²) in [6.07, 6.45) is -0.111. The van der Waals surface area contributed by atoms with Crippen molar-refractivity contribution in [3.63, 3.8) is 0 Å². The van der Waals surface area contributed by atoms with Gasteiger partial charge in [0.25, 0.3) is 0 Å². The molecule has 20 heavy (non-hydrogen) atoms. The lowest BCUT2D eigenvalue weighted by Gasteiger charge is -2.45. The Kier molecular flexibility index (Phi) is 3.03. The number of anilines is 1. The minimum atomic E-state index is -0.586. The van der Waals surface area contributed by atoms with Gasteiger partial charge in [-0.1, -0.05) is 18.2 Å². The third-order valence-corrected chi connectivity index (χ3v) is 4.29. The van der Waals surface area contributed by atoms with Crippen molar-refractivity contribution in [2.24, 2.45) is 0 Å². The van der Waals surface area contributed by atoms with Gasteiger partial charge in [0.2, 0.25) is 0 Å². The Morgan fingerprint density at radius 3 is 2.75 bits per heavy atom. The molecule has 0 bridgehead atoms. The van der Waals surface area contributed by atoms with Crippen LogP contribution < -0.4 is 4.90 Å². The van der Waals surface area contributed by atoms with Crippen LogP contribution in [0.25, 0.3) is 0 Å². The Morgan fingerprint density at radius 1 is 1.35 bits per heavy atom. The lowest BCUT2D eigenvalue weighted by atomic mass is 9.85. The third kappa shape index (κ3) is 1.83. The number of benzene rings is 1.